The first-order chi connectivity index (χ1) is 15.4. The fraction of sp³-hybridized carbons (Fsp3) is 0.391. The second kappa shape index (κ2) is 9.52. The maximum absolute atomic E-state index is 12.9. The summed E-state index contributed by atoms with van der Waals surface area (Å²) in [6.45, 7) is 5.16. The number of rotatable bonds is 6. The van der Waals surface area contributed by atoms with E-state index in [9.17, 15) is 9.59 Å². The van der Waals surface area contributed by atoms with E-state index < -0.39 is 0 Å². The number of carbonyl (C=O) groups is 2. The van der Waals surface area contributed by atoms with Gasteiger partial charge in [-0.3, -0.25) is 14.3 Å². The van der Waals surface area contributed by atoms with E-state index in [0.717, 1.165) is 16.3 Å². The van der Waals surface area contributed by atoms with Crippen molar-refractivity contribution < 1.29 is 14.3 Å². The number of aryl methyl sites for hydroxylation is 1. The topological polar surface area (TPSA) is 89.3 Å². The van der Waals surface area contributed by atoms with E-state index in [2.05, 4.69) is 15.4 Å². The monoisotopic (exact) mass is 453 g/mol. The van der Waals surface area contributed by atoms with Gasteiger partial charge < -0.3 is 15.0 Å². The van der Waals surface area contributed by atoms with Gasteiger partial charge in [0, 0.05) is 43.3 Å². The first kappa shape index (κ1) is 22.0. The van der Waals surface area contributed by atoms with Gasteiger partial charge in [0.15, 0.2) is 0 Å². The summed E-state index contributed by atoms with van der Waals surface area (Å²) in [4.78, 5) is 31.6. The summed E-state index contributed by atoms with van der Waals surface area (Å²) in [7, 11) is 1.78. The van der Waals surface area contributed by atoms with E-state index in [-0.39, 0.29) is 24.0 Å². The summed E-state index contributed by atoms with van der Waals surface area (Å²) in [5.41, 5.74) is 1.97. The number of nitrogens with zero attached hydrogens (tertiary/aromatic N) is 4. The van der Waals surface area contributed by atoms with Gasteiger partial charge in [0.25, 0.3) is 11.8 Å². The van der Waals surface area contributed by atoms with Crippen molar-refractivity contribution in [3.05, 3.63) is 53.3 Å². The zero-order chi connectivity index (χ0) is 22.7. The molecule has 3 aromatic rings. The van der Waals surface area contributed by atoms with Crippen molar-refractivity contribution >= 4 is 23.2 Å². The fourth-order valence-corrected chi connectivity index (χ4v) is 4.45. The highest BCUT2D eigenvalue weighted by molar-refractivity contribution is 7.13. The molecule has 1 N–H and O–H groups in total. The number of carbonyl (C=O) groups excluding carboxylic acids is 2. The SMILES string of the molecule is CC(C)Oc1ccc(-c2nc(C(=O)N3CCC(NC(=O)c4cnn(C)c4)CC3)cs2)cc1. The van der Waals surface area contributed by atoms with Gasteiger partial charge in [-0.1, -0.05) is 0 Å². The molecular formula is C23H27N5O3S. The number of amides is 2. The van der Waals surface area contributed by atoms with Gasteiger partial charge in [0.1, 0.15) is 16.5 Å². The van der Waals surface area contributed by atoms with Crippen LogP contribution in [0.5, 0.6) is 5.75 Å². The molecule has 9 heteroatoms. The van der Waals surface area contributed by atoms with Gasteiger partial charge in [-0.25, -0.2) is 4.98 Å². The predicted octanol–water partition coefficient (Wildman–Crippen LogP) is 3.37. The van der Waals surface area contributed by atoms with E-state index in [1.54, 1.807) is 24.1 Å². The van der Waals surface area contributed by atoms with Crippen molar-refractivity contribution in [1.29, 1.82) is 0 Å². The Kier molecular flexibility index (Phi) is 6.55. The molecule has 0 radical (unpaired) electrons. The summed E-state index contributed by atoms with van der Waals surface area (Å²) >= 11 is 1.46. The Morgan fingerprint density at radius 2 is 1.91 bits per heavy atom. The van der Waals surface area contributed by atoms with Gasteiger partial charge in [-0.05, 0) is 51.0 Å². The summed E-state index contributed by atoms with van der Waals surface area (Å²) in [6, 6.07) is 7.80. The molecule has 0 atom stereocenters. The first-order valence-electron chi connectivity index (χ1n) is 10.7. The highest BCUT2D eigenvalue weighted by atomic mass is 32.1. The number of nitrogens with one attached hydrogen (secondary N) is 1. The average Bonchev–Trinajstić information content (AvgIpc) is 3.43. The second-order valence-electron chi connectivity index (χ2n) is 8.17. The Balaban J connectivity index is 1.32. The van der Waals surface area contributed by atoms with E-state index in [4.69, 9.17) is 4.74 Å². The standard InChI is InChI=1S/C23H27N5O3S/c1-15(2)31-19-6-4-16(5-7-19)22-26-20(14-32-22)23(30)28-10-8-18(9-11-28)25-21(29)17-12-24-27(3)13-17/h4-7,12-15,18H,8-11H2,1-3H3,(H,25,29). The molecule has 4 rings (SSSR count). The number of aromatic nitrogens is 3. The van der Waals surface area contributed by atoms with Crippen molar-refractivity contribution in [3.63, 3.8) is 0 Å². The summed E-state index contributed by atoms with van der Waals surface area (Å²) < 4.78 is 7.28. The molecule has 3 heterocycles. The molecule has 1 aromatic carbocycles. The number of likely N-dealkylation sites (tertiary alicyclic amines) is 1. The molecule has 8 nitrogen and oxygen atoms in total. The fourth-order valence-electron chi connectivity index (χ4n) is 3.65. The van der Waals surface area contributed by atoms with Crippen molar-refractivity contribution in [1.82, 2.24) is 25.0 Å². The van der Waals surface area contributed by atoms with Crippen LogP contribution in [0.1, 0.15) is 47.5 Å². The zero-order valence-corrected chi connectivity index (χ0v) is 19.3. The molecule has 2 aromatic heterocycles. The van der Waals surface area contributed by atoms with Crippen molar-refractivity contribution in [2.75, 3.05) is 13.1 Å². The summed E-state index contributed by atoms with van der Waals surface area (Å²) in [5, 5.41) is 9.69. The minimum Gasteiger partial charge on any atom is -0.491 e. The van der Waals surface area contributed by atoms with Crippen LogP contribution in [0, 0.1) is 0 Å². The normalized spacial score (nSPS) is 14.6. The highest BCUT2D eigenvalue weighted by Crippen LogP contribution is 2.27. The number of piperidine rings is 1. The number of thiazole rings is 1. The first-order valence-corrected chi connectivity index (χ1v) is 11.6. The Bertz CT molecular complexity index is 1080. The third-order valence-corrected chi connectivity index (χ3v) is 6.17. The molecule has 2 amide bonds. The number of hydrogen-bond donors (Lipinski definition) is 1. The van der Waals surface area contributed by atoms with Crippen molar-refractivity contribution in [2.24, 2.45) is 7.05 Å². The Hall–Kier alpha value is -3.20. The average molecular weight is 454 g/mol. The van der Waals surface area contributed by atoms with Crippen LogP contribution in [0.15, 0.2) is 42.0 Å². The van der Waals surface area contributed by atoms with Crippen LogP contribution in [-0.2, 0) is 7.05 Å². The minimum atomic E-state index is -0.128. The quantitative estimate of drug-likeness (QED) is 0.618. The lowest BCUT2D eigenvalue weighted by molar-refractivity contribution is 0.0693. The molecule has 32 heavy (non-hydrogen) atoms. The lowest BCUT2D eigenvalue weighted by atomic mass is 10.0. The predicted molar refractivity (Wildman–Crippen MR) is 123 cm³/mol. The molecule has 1 fully saturated rings. The minimum absolute atomic E-state index is 0.0457. The molecule has 168 valence electrons. The van der Waals surface area contributed by atoms with E-state index in [0.29, 0.717) is 37.2 Å². The van der Waals surface area contributed by atoms with Crippen molar-refractivity contribution in [3.8, 4) is 16.3 Å². The van der Waals surface area contributed by atoms with Gasteiger partial charge in [0.05, 0.1) is 17.9 Å². The molecular weight excluding hydrogens is 426 g/mol. The van der Waals surface area contributed by atoms with E-state index in [1.807, 2.05) is 48.4 Å². The number of benzene rings is 1. The second-order valence-corrected chi connectivity index (χ2v) is 9.03. The maximum atomic E-state index is 12.9. The van der Waals surface area contributed by atoms with E-state index in [1.165, 1.54) is 11.3 Å². The lowest BCUT2D eigenvalue weighted by Gasteiger charge is -2.31. The molecule has 0 spiro atoms. The third kappa shape index (κ3) is 5.16. The van der Waals surface area contributed by atoms with Crippen LogP contribution in [0.25, 0.3) is 10.6 Å². The molecule has 1 aliphatic rings. The molecule has 0 aliphatic carbocycles. The largest absolute Gasteiger partial charge is 0.491 e. The number of ether oxygens (including phenoxy) is 1. The van der Waals surface area contributed by atoms with Gasteiger partial charge >= 0.3 is 0 Å². The molecule has 0 unspecified atom stereocenters. The van der Waals surface area contributed by atoms with Gasteiger partial charge in [-0.2, -0.15) is 5.10 Å². The Morgan fingerprint density at radius 3 is 2.53 bits per heavy atom. The molecule has 0 bridgehead atoms. The van der Waals surface area contributed by atoms with Crippen LogP contribution in [-0.4, -0.2) is 56.7 Å². The smallest absolute Gasteiger partial charge is 0.273 e. The Labute approximate surface area is 191 Å². The van der Waals surface area contributed by atoms with Crippen LogP contribution >= 0.6 is 11.3 Å². The molecule has 0 saturated carbocycles. The summed E-state index contributed by atoms with van der Waals surface area (Å²) in [6.07, 6.45) is 4.80. The van der Waals surface area contributed by atoms with Crippen LogP contribution in [0.3, 0.4) is 0 Å². The zero-order valence-electron chi connectivity index (χ0n) is 18.4. The Morgan fingerprint density at radius 1 is 1.19 bits per heavy atom. The van der Waals surface area contributed by atoms with Crippen LogP contribution in [0.2, 0.25) is 0 Å². The molecule has 1 aliphatic heterocycles. The molecule has 1 saturated heterocycles. The maximum Gasteiger partial charge on any atom is 0.273 e. The summed E-state index contributed by atoms with van der Waals surface area (Å²) in [5.74, 6) is 0.622. The van der Waals surface area contributed by atoms with Crippen LogP contribution in [0.4, 0.5) is 0 Å². The highest BCUT2D eigenvalue weighted by Gasteiger charge is 2.26. The third-order valence-electron chi connectivity index (χ3n) is 5.28. The van der Waals surface area contributed by atoms with Gasteiger partial charge in [0.2, 0.25) is 0 Å². The van der Waals surface area contributed by atoms with Crippen molar-refractivity contribution in [2.45, 2.75) is 38.8 Å². The van der Waals surface area contributed by atoms with Crippen LogP contribution < -0.4 is 10.1 Å². The van der Waals surface area contributed by atoms with E-state index >= 15 is 0 Å². The van der Waals surface area contributed by atoms with Gasteiger partial charge in [-0.15, -0.1) is 11.3 Å². The lowest BCUT2D eigenvalue weighted by Crippen LogP contribution is -2.46. The number of hydrogen-bond acceptors (Lipinski definition) is 6.